The van der Waals surface area contributed by atoms with Crippen molar-refractivity contribution >= 4 is 21.2 Å². The molecular formula is C14H20N2O5S. The molecule has 1 fully saturated rings. The second-order valence-corrected chi connectivity index (χ2v) is 7.73. The molecule has 1 aromatic carbocycles. The Morgan fingerprint density at radius 3 is 2.41 bits per heavy atom. The molecule has 0 bridgehead atoms. The van der Waals surface area contributed by atoms with Gasteiger partial charge in [0.05, 0.1) is 11.0 Å². The molecule has 1 saturated heterocycles. The van der Waals surface area contributed by atoms with E-state index in [0.717, 1.165) is 19.1 Å². The third kappa shape index (κ3) is 3.56. The molecule has 1 aliphatic rings. The quantitative estimate of drug-likeness (QED) is 0.665. The van der Waals surface area contributed by atoms with Crippen molar-refractivity contribution in [2.75, 3.05) is 24.2 Å². The van der Waals surface area contributed by atoms with Gasteiger partial charge in [0.25, 0.3) is 5.69 Å². The van der Waals surface area contributed by atoms with Crippen molar-refractivity contribution in [2.45, 2.75) is 30.8 Å². The van der Waals surface area contributed by atoms with E-state index in [1.807, 2.05) is 4.90 Å². The first-order valence-electron chi connectivity index (χ1n) is 7.11. The maximum atomic E-state index is 11.8. The van der Waals surface area contributed by atoms with Gasteiger partial charge in [-0.05, 0) is 37.8 Å². The average molecular weight is 328 g/mol. The summed E-state index contributed by atoms with van der Waals surface area (Å²) in [6.45, 7) is 3.15. The minimum absolute atomic E-state index is 0.240. The third-order valence-electron chi connectivity index (χ3n) is 4.13. The van der Waals surface area contributed by atoms with Gasteiger partial charge < -0.3 is 10.0 Å². The summed E-state index contributed by atoms with van der Waals surface area (Å²) >= 11 is 0. The monoisotopic (exact) mass is 328 g/mol. The first kappa shape index (κ1) is 16.7. The van der Waals surface area contributed by atoms with Crippen LogP contribution in [-0.2, 0) is 9.84 Å². The van der Waals surface area contributed by atoms with E-state index in [4.69, 9.17) is 0 Å². The number of hydrogen-bond acceptors (Lipinski definition) is 6. The number of rotatable bonds is 4. The topological polar surface area (TPSA) is 101 Å². The summed E-state index contributed by atoms with van der Waals surface area (Å²) < 4.78 is 23.6. The molecule has 1 atom stereocenters. The summed E-state index contributed by atoms with van der Waals surface area (Å²) in [5.74, 6) is 0.240. The van der Waals surface area contributed by atoms with Gasteiger partial charge in [0.15, 0.2) is 9.84 Å². The molecule has 22 heavy (non-hydrogen) atoms. The minimum Gasteiger partial charge on any atom is -0.393 e. The molecule has 0 aromatic heterocycles. The second-order valence-electron chi connectivity index (χ2n) is 5.75. The van der Waals surface area contributed by atoms with E-state index in [2.05, 4.69) is 0 Å². The number of nitrogens with zero attached hydrogens (tertiary/aromatic N) is 2. The van der Waals surface area contributed by atoms with E-state index in [1.165, 1.54) is 12.1 Å². The van der Waals surface area contributed by atoms with E-state index in [1.54, 1.807) is 13.0 Å². The van der Waals surface area contributed by atoms with E-state index in [0.29, 0.717) is 18.8 Å². The molecule has 1 aromatic rings. The van der Waals surface area contributed by atoms with Crippen LogP contribution < -0.4 is 4.90 Å². The molecule has 7 nitrogen and oxygen atoms in total. The predicted molar refractivity (Wildman–Crippen MR) is 82.8 cm³/mol. The summed E-state index contributed by atoms with van der Waals surface area (Å²) in [7, 11) is -3.67. The first-order chi connectivity index (χ1) is 10.2. The number of anilines is 1. The smallest absolute Gasteiger partial charge is 0.288 e. The van der Waals surface area contributed by atoms with Crippen molar-refractivity contribution in [2.24, 2.45) is 5.92 Å². The van der Waals surface area contributed by atoms with E-state index < -0.39 is 20.4 Å². The van der Waals surface area contributed by atoms with Crippen LogP contribution in [0, 0.1) is 16.0 Å². The molecule has 0 spiro atoms. The molecule has 122 valence electrons. The van der Waals surface area contributed by atoms with Crippen molar-refractivity contribution in [3.63, 3.8) is 0 Å². The van der Waals surface area contributed by atoms with Crippen molar-refractivity contribution in [3.05, 3.63) is 28.3 Å². The van der Waals surface area contributed by atoms with E-state index >= 15 is 0 Å². The number of benzene rings is 1. The molecule has 0 radical (unpaired) electrons. The lowest BCUT2D eigenvalue weighted by Crippen LogP contribution is -2.37. The Morgan fingerprint density at radius 2 is 1.95 bits per heavy atom. The van der Waals surface area contributed by atoms with Crippen molar-refractivity contribution in [3.8, 4) is 0 Å². The predicted octanol–water partition coefficient (Wildman–Crippen LogP) is 1.60. The summed E-state index contributed by atoms with van der Waals surface area (Å²) in [4.78, 5) is 12.0. The van der Waals surface area contributed by atoms with Crippen molar-refractivity contribution in [1.82, 2.24) is 0 Å². The third-order valence-corrected chi connectivity index (χ3v) is 5.25. The molecule has 8 heteroatoms. The maximum absolute atomic E-state index is 11.8. The number of aliphatic hydroxyl groups excluding tert-OH is 1. The Bertz CT molecular complexity index is 664. The maximum Gasteiger partial charge on any atom is 0.288 e. The number of piperidine rings is 1. The van der Waals surface area contributed by atoms with Gasteiger partial charge in [0.2, 0.25) is 0 Å². The summed E-state index contributed by atoms with van der Waals surface area (Å²) in [6.07, 6.45) is 2.23. The van der Waals surface area contributed by atoms with Gasteiger partial charge in [0, 0.05) is 31.1 Å². The standard InChI is InChI=1S/C14H20N2O5S/c1-10(17)11-5-7-15(8-6-11)12-3-4-13(16(18)19)14(9-12)22(2,20)21/h3-4,9-11,17H,5-8H2,1-2H3. The SMILES string of the molecule is CC(O)C1CCN(c2ccc([N+](=O)[O-])c(S(C)(=O)=O)c2)CC1. The van der Waals surface area contributed by atoms with Crippen LogP contribution >= 0.6 is 0 Å². The molecular weight excluding hydrogens is 308 g/mol. The Balaban J connectivity index is 2.29. The highest BCUT2D eigenvalue weighted by atomic mass is 32.2. The molecule has 1 heterocycles. The van der Waals surface area contributed by atoms with E-state index in [9.17, 15) is 23.6 Å². The molecule has 0 amide bonds. The number of sulfone groups is 1. The molecule has 0 aliphatic carbocycles. The fourth-order valence-electron chi connectivity index (χ4n) is 2.79. The lowest BCUT2D eigenvalue weighted by molar-refractivity contribution is -0.387. The van der Waals surface area contributed by atoms with Gasteiger partial charge in [-0.15, -0.1) is 0 Å². The van der Waals surface area contributed by atoms with Gasteiger partial charge >= 0.3 is 0 Å². The number of hydrogen-bond donors (Lipinski definition) is 1. The normalized spacial score (nSPS) is 18.2. The van der Waals surface area contributed by atoms with Crippen LogP contribution in [0.1, 0.15) is 19.8 Å². The summed E-state index contributed by atoms with van der Waals surface area (Å²) in [5, 5.41) is 20.6. The highest BCUT2D eigenvalue weighted by molar-refractivity contribution is 7.90. The summed E-state index contributed by atoms with van der Waals surface area (Å²) in [5.41, 5.74) is 0.264. The van der Waals surface area contributed by atoms with Gasteiger partial charge in [-0.2, -0.15) is 0 Å². The Kier molecular flexibility index (Phi) is 4.72. The van der Waals surface area contributed by atoms with Gasteiger partial charge in [-0.3, -0.25) is 10.1 Å². The second kappa shape index (κ2) is 6.21. The molecule has 1 unspecified atom stereocenters. The lowest BCUT2D eigenvalue weighted by Gasteiger charge is -2.34. The molecule has 2 rings (SSSR count). The van der Waals surface area contributed by atoms with Crippen molar-refractivity contribution < 1.29 is 18.4 Å². The highest BCUT2D eigenvalue weighted by Gasteiger charge is 2.26. The zero-order valence-electron chi connectivity index (χ0n) is 12.6. The summed E-state index contributed by atoms with van der Waals surface area (Å²) in [6, 6.07) is 4.19. The van der Waals surface area contributed by atoms with Gasteiger partial charge in [0.1, 0.15) is 4.90 Å². The molecule has 1 aliphatic heterocycles. The van der Waals surface area contributed by atoms with Crippen LogP contribution in [0.5, 0.6) is 0 Å². The van der Waals surface area contributed by atoms with Crippen LogP contribution in [0.25, 0.3) is 0 Å². The minimum atomic E-state index is -3.67. The number of nitro groups is 1. The van der Waals surface area contributed by atoms with Crippen LogP contribution in [0.2, 0.25) is 0 Å². The van der Waals surface area contributed by atoms with Crippen LogP contribution in [-0.4, -0.2) is 43.9 Å². The number of nitro benzene ring substituents is 1. The average Bonchev–Trinajstić information content (AvgIpc) is 2.45. The fraction of sp³-hybridized carbons (Fsp3) is 0.571. The highest BCUT2D eigenvalue weighted by Crippen LogP contribution is 2.31. The Morgan fingerprint density at radius 1 is 1.36 bits per heavy atom. The van der Waals surface area contributed by atoms with E-state index in [-0.39, 0.29) is 16.9 Å². The Hall–Kier alpha value is -1.67. The van der Waals surface area contributed by atoms with Crippen molar-refractivity contribution in [1.29, 1.82) is 0 Å². The van der Waals surface area contributed by atoms with Gasteiger partial charge in [-0.1, -0.05) is 0 Å². The van der Waals surface area contributed by atoms with Gasteiger partial charge in [-0.25, -0.2) is 8.42 Å². The lowest BCUT2D eigenvalue weighted by atomic mass is 9.92. The largest absolute Gasteiger partial charge is 0.393 e. The molecule has 1 N–H and O–H groups in total. The number of aliphatic hydroxyl groups is 1. The molecule has 0 saturated carbocycles. The fourth-order valence-corrected chi connectivity index (χ4v) is 3.64. The van der Waals surface area contributed by atoms with Crippen LogP contribution in [0.4, 0.5) is 11.4 Å². The zero-order chi connectivity index (χ0) is 16.5. The van der Waals surface area contributed by atoms with Crippen LogP contribution in [0.15, 0.2) is 23.1 Å². The Labute approximate surface area is 129 Å². The first-order valence-corrected chi connectivity index (χ1v) is 9.01. The van der Waals surface area contributed by atoms with Crippen LogP contribution in [0.3, 0.4) is 0 Å². The zero-order valence-corrected chi connectivity index (χ0v) is 13.4.